The van der Waals surface area contributed by atoms with Crippen molar-refractivity contribution >= 4 is 34.5 Å². The van der Waals surface area contributed by atoms with E-state index in [0.29, 0.717) is 5.04 Å². The Hall–Kier alpha value is -1.17. The number of hydrogen-bond donors (Lipinski definition) is 0. The van der Waals surface area contributed by atoms with Gasteiger partial charge in [-0.1, -0.05) is 11.8 Å². The van der Waals surface area contributed by atoms with Crippen LogP contribution in [-0.2, 0) is 19.1 Å². The number of thioether (sulfide) groups is 1. The maximum Gasteiger partial charge on any atom is 0.376 e. The second-order valence-electron chi connectivity index (χ2n) is 2.55. The van der Waals surface area contributed by atoms with Crippen LogP contribution in [0.25, 0.3) is 0 Å². The molecule has 0 fully saturated rings. The second kappa shape index (κ2) is 4.36. The molecule has 0 bridgehead atoms. The number of carbonyl (C=O) groups excluding carboxylic acids is 3. The number of rotatable bonds is 3. The first-order valence-corrected chi connectivity index (χ1v) is 4.91. The molecule has 1 aliphatic rings. The minimum absolute atomic E-state index is 0.121. The molecule has 1 unspecified atom stereocenters. The molecule has 1 atom stereocenters. The third kappa shape index (κ3) is 2.20. The first-order valence-electron chi connectivity index (χ1n) is 4.03. The van der Waals surface area contributed by atoms with Gasteiger partial charge in [0.1, 0.15) is 0 Å². The maximum absolute atomic E-state index is 11.3. The highest BCUT2D eigenvalue weighted by molar-refractivity contribution is 8.16. The molecule has 0 saturated heterocycles. The van der Waals surface area contributed by atoms with E-state index in [1.54, 1.807) is 13.8 Å². The summed E-state index contributed by atoms with van der Waals surface area (Å²) in [5.41, 5.74) is 0. The van der Waals surface area contributed by atoms with Crippen molar-refractivity contribution in [1.29, 1.82) is 0 Å². The molecule has 0 aromatic rings. The average Bonchev–Trinajstić information content (AvgIpc) is 2.44. The smallest absolute Gasteiger partial charge is 0.376 e. The number of ether oxygens (including phenoxy) is 1. The van der Waals surface area contributed by atoms with Gasteiger partial charge in [-0.2, -0.15) is 0 Å². The van der Waals surface area contributed by atoms with Gasteiger partial charge in [-0.25, -0.2) is 9.79 Å². The van der Waals surface area contributed by atoms with E-state index in [4.69, 9.17) is 0 Å². The lowest BCUT2D eigenvalue weighted by atomic mass is 10.2. The van der Waals surface area contributed by atoms with E-state index in [9.17, 15) is 14.4 Å². The summed E-state index contributed by atoms with van der Waals surface area (Å²) < 4.78 is 4.49. The lowest BCUT2D eigenvalue weighted by Crippen LogP contribution is -2.31. The summed E-state index contributed by atoms with van der Waals surface area (Å²) in [6, 6.07) is 0. The SMILES string of the molecule is CCOC(=O)C(=O)C1SC(C)=NC1=O. The van der Waals surface area contributed by atoms with E-state index in [0.717, 1.165) is 11.8 Å². The van der Waals surface area contributed by atoms with Crippen LogP contribution in [0.5, 0.6) is 0 Å². The minimum Gasteiger partial charge on any atom is -0.460 e. The van der Waals surface area contributed by atoms with Crippen LogP contribution in [0.1, 0.15) is 13.8 Å². The molecule has 1 aliphatic heterocycles. The summed E-state index contributed by atoms with van der Waals surface area (Å²) in [5.74, 6) is -2.38. The summed E-state index contributed by atoms with van der Waals surface area (Å²) in [6.07, 6.45) is 0. The Kier molecular flexibility index (Phi) is 3.40. The highest BCUT2D eigenvalue weighted by Crippen LogP contribution is 2.23. The Morgan fingerprint density at radius 3 is 2.64 bits per heavy atom. The van der Waals surface area contributed by atoms with Gasteiger partial charge in [0.05, 0.1) is 11.7 Å². The molecule has 0 aromatic heterocycles. The van der Waals surface area contributed by atoms with E-state index in [2.05, 4.69) is 9.73 Å². The molecule has 0 N–H and O–H groups in total. The van der Waals surface area contributed by atoms with Gasteiger partial charge in [-0.3, -0.25) is 9.59 Å². The van der Waals surface area contributed by atoms with Crippen LogP contribution in [0.2, 0.25) is 0 Å². The number of amides is 1. The molecule has 0 spiro atoms. The summed E-state index contributed by atoms with van der Waals surface area (Å²) in [5, 5.41) is -0.535. The molecule has 14 heavy (non-hydrogen) atoms. The van der Waals surface area contributed by atoms with Gasteiger partial charge in [0, 0.05) is 0 Å². The van der Waals surface area contributed by atoms with Gasteiger partial charge in [0.25, 0.3) is 11.7 Å². The fourth-order valence-corrected chi connectivity index (χ4v) is 1.78. The molecule has 5 nitrogen and oxygen atoms in total. The highest BCUT2D eigenvalue weighted by atomic mass is 32.2. The molecular formula is C8H9NO4S. The van der Waals surface area contributed by atoms with Crippen LogP contribution in [0.4, 0.5) is 0 Å². The van der Waals surface area contributed by atoms with Gasteiger partial charge in [0.15, 0.2) is 5.25 Å². The van der Waals surface area contributed by atoms with Gasteiger partial charge in [-0.05, 0) is 13.8 Å². The Labute approximate surface area is 84.9 Å². The summed E-state index contributed by atoms with van der Waals surface area (Å²) in [6.45, 7) is 3.33. The Morgan fingerprint density at radius 1 is 1.57 bits per heavy atom. The standard InChI is InChI=1S/C8H9NO4S/c1-3-13-8(12)5(10)6-7(11)9-4(2)14-6/h6H,3H2,1-2H3. The van der Waals surface area contributed by atoms with Crippen LogP contribution < -0.4 is 0 Å². The average molecular weight is 215 g/mol. The predicted octanol–water partition coefficient (Wildman–Crippen LogP) is 0.179. The molecule has 76 valence electrons. The first kappa shape index (κ1) is 10.9. The summed E-state index contributed by atoms with van der Waals surface area (Å²) in [7, 11) is 0. The molecule has 0 saturated carbocycles. The fraction of sp³-hybridized carbons (Fsp3) is 0.500. The summed E-state index contributed by atoms with van der Waals surface area (Å²) >= 11 is 0.986. The lowest BCUT2D eigenvalue weighted by molar-refractivity contribution is -0.153. The van der Waals surface area contributed by atoms with Crippen molar-refractivity contribution in [3.63, 3.8) is 0 Å². The molecule has 0 aliphatic carbocycles. The van der Waals surface area contributed by atoms with Crippen molar-refractivity contribution in [1.82, 2.24) is 0 Å². The Morgan fingerprint density at radius 2 is 2.21 bits per heavy atom. The van der Waals surface area contributed by atoms with Crippen LogP contribution in [0.3, 0.4) is 0 Å². The topological polar surface area (TPSA) is 72.8 Å². The zero-order chi connectivity index (χ0) is 10.7. The normalized spacial score (nSPS) is 20.6. The Bertz CT molecular complexity index is 323. The number of Topliss-reactive ketones (excluding diaryl/α,β-unsaturated/α-hetero) is 1. The van der Waals surface area contributed by atoms with Crippen LogP contribution >= 0.6 is 11.8 Å². The molecule has 1 amide bonds. The third-order valence-corrected chi connectivity index (χ3v) is 2.58. The third-order valence-electron chi connectivity index (χ3n) is 1.50. The molecule has 0 aromatic carbocycles. The number of nitrogens with zero attached hydrogens (tertiary/aromatic N) is 1. The van der Waals surface area contributed by atoms with Crippen molar-refractivity contribution in [3.8, 4) is 0 Å². The van der Waals surface area contributed by atoms with E-state index in [-0.39, 0.29) is 6.61 Å². The largest absolute Gasteiger partial charge is 0.460 e. The predicted molar refractivity (Wildman–Crippen MR) is 51.1 cm³/mol. The molecule has 1 heterocycles. The number of hydrogen-bond acceptors (Lipinski definition) is 5. The molecule has 0 radical (unpaired) electrons. The second-order valence-corrected chi connectivity index (χ2v) is 3.85. The lowest BCUT2D eigenvalue weighted by Gasteiger charge is -2.03. The van der Waals surface area contributed by atoms with Gasteiger partial charge < -0.3 is 4.74 Å². The maximum atomic E-state index is 11.3. The van der Waals surface area contributed by atoms with Crippen molar-refractivity contribution in [2.75, 3.05) is 6.61 Å². The van der Waals surface area contributed by atoms with Crippen molar-refractivity contribution in [3.05, 3.63) is 0 Å². The zero-order valence-corrected chi connectivity index (χ0v) is 8.59. The number of aliphatic imine (C=N–C) groups is 1. The van der Waals surface area contributed by atoms with E-state index in [1.807, 2.05) is 0 Å². The summed E-state index contributed by atoms with van der Waals surface area (Å²) in [4.78, 5) is 36.9. The number of carbonyl (C=O) groups is 3. The fourth-order valence-electron chi connectivity index (χ4n) is 0.936. The van der Waals surface area contributed by atoms with Gasteiger partial charge in [-0.15, -0.1) is 0 Å². The van der Waals surface area contributed by atoms with Gasteiger partial charge >= 0.3 is 5.97 Å². The van der Waals surface area contributed by atoms with E-state index < -0.39 is 22.9 Å². The van der Waals surface area contributed by atoms with Crippen LogP contribution in [-0.4, -0.2) is 34.6 Å². The first-order chi connectivity index (χ1) is 6.56. The molecule has 6 heteroatoms. The van der Waals surface area contributed by atoms with Crippen LogP contribution in [0, 0.1) is 0 Å². The highest BCUT2D eigenvalue weighted by Gasteiger charge is 2.37. The zero-order valence-electron chi connectivity index (χ0n) is 7.77. The molecule has 1 rings (SSSR count). The van der Waals surface area contributed by atoms with Crippen molar-refractivity contribution < 1.29 is 19.1 Å². The van der Waals surface area contributed by atoms with Gasteiger partial charge in [0.2, 0.25) is 0 Å². The van der Waals surface area contributed by atoms with Crippen LogP contribution in [0.15, 0.2) is 4.99 Å². The van der Waals surface area contributed by atoms with E-state index in [1.165, 1.54) is 0 Å². The minimum atomic E-state index is -1.03. The Balaban J connectivity index is 2.64. The quantitative estimate of drug-likeness (QED) is 0.381. The van der Waals surface area contributed by atoms with Crippen molar-refractivity contribution in [2.45, 2.75) is 19.1 Å². The number of esters is 1. The number of ketones is 1. The monoisotopic (exact) mass is 215 g/mol. The van der Waals surface area contributed by atoms with E-state index >= 15 is 0 Å². The molecular weight excluding hydrogens is 206 g/mol. The van der Waals surface area contributed by atoms with Crippen molar-refractivity contribution in [2.24, 2.45) is 4.99 Å².